The van der Waals surface area contributed by atoms with Crippen molar-refractivity contribution in [2.45, 2.75) is 26.1 Å². The lowest BCUT2D eigenvalue weighted by molar-refractivity contribution is -0.136. The molecule has 1 heterocycles. The minimum absolute atomic E-state index is 0.0507. The maximum absolute atomic E-state index is 13.4. The highest BCUT2D eigenvalue weighted by atomic mass is 19.1. The van der Waals surface area contributed by atoms with Crippen molar-refractivity contribution in [2.75, 3.05) is 33.2 Å². The lowest BCUT2D eigenvalue weighted by Gasteiger charge is -2.38. The maximum Gasteiger partial charge on any atom is 0.239 e. The molecule has 0 saturated carbocycles. The molecule has 1 aliphatic rings. The Morgan fingerprint density at radius 2 is 1.83 bits per heavy atom. The summed E-state index contributed by atoms with van der Waals surface area (Å²) in [6.45, 7) is 6.64. The largest absolute Gasteiger partial charge is 0.340 e. The van der Waals surface area contributed by atoms with Crippen molar-refractivity contribution in [3.63, 3.8) is 0 Å². The van der Waals surface area contributed by atoms with E-state index in [2.05, 4.69) is 15.9 Å². The third-order valence-electron chi connectivity index (χ3n) is 5.49. The van der Waals surface area contributed by atoms with Gasteiger partial charge in [0.1, 0.15) is 5.82 Å². The Hall–Kier alpha value is -2.75. The van der Waals surface area contributed by atoms with Crippen LogP contribution in [0, 0.1) is 17.1 Å². The molecule has 2 aromatic rings. The molecule has 5 nitrogen and oxygen atoms in total. The second-order valence-electron chi connectivity index (χ2n) is 7.62. The SMILES string of the molecule is CC(C(=O)N(C)Cc1cccc(F)c1)N1CCN(Cc2ccc(C#N)cc2)CC1. The Morgan fingerprint density at radius 3 is 2.45 bits per heavy atom. The highest BCUT2D eigenvalue weighted by molar-refractivity contribution is 5.81. The number of nitriles is 1. The summed E-state index contributed by atoms with van der Waals surface area (Å²) >= 11 is 0. The number of carbonyl (C=O) groups excluding carboxylic acids is 1. The second-order valence-corrected chi connectivity index (χ2v) is 7.62. The fraction of sp³-hybridized carbons (Fsp3) is 0.391. The molecule has 1 atom stereocenters. The monoisotopic (exact) mass is 394 g/mol. The van der Waals surface area contributed by atoms with Gasteiger partial charge in [0, 0.05) is 46.3 Å². The summed E-state index contributed by atoms with van der Waals surface area (Å²) in [7, 11) is 1.77. The molecule has 1 unspecified atom stereocenters. The third kappa shape index (κ3) is 5.63. The Kier molecular flexibility index (Phi) is 6.97. The molecule has 29 heavy (non-hydrogen) atoms. The van der Waals surface area contributed by atoms with Crippen molar-refractivity contribution in [3.05, 3.63) is 71.0 Å². The number of nitrogens with zero attached hydrogens (tertiary/aromatic N) is 4. The van der Waals surface area contributed by atoms with Crippen LogP contribution in [0.25, 0.3) is 0 Å². The molecule has 2 aromatic carbocycles. The molecule has 3 rings (SSSR count). The number of carbonyl (C=O) groups is 1. The summed E-state index contributed by atoms with van der Waals surface area (Å²) in [5, 5.41) is 8.90. The summed E-state index contributed by atoms with van der Waals surface area (Å²) in [5.41, 5.74) is 2.66. The van der Waals surface area contributed by atoms with E-state index in [4.69, 9.17) is 5.26 Å². The molecule has 0 N–H and O–H groups in total. The standard InChI is InChI=1S/C23H27FN4O/c1-18(23(29)26(2)16-21-4-3-5-22(24)14-21)28-12-10-27(11-13-28)17-20-8-6-19(15-25)7-9-20/h3-9,14,18H,10-13,16-17H2,1-2H3. The van der Waals surface area contributed by atoms with Crippen LogP contribution in [0.2, 0.25) is 0 Å². The minimum atomic E-state index is -0.283. The number of likely N-dealkylation sites (N-methyl/N-ethyl adjacent to an activating group) is 1. The van der Waals surface area contributed by atoms with Crippen LogP contribution in [0.3, 0.4) is 0 Å². The molecule has 1 fully saturated rings. The van der Waals surface area contributed by atoms with Crippen molar-refractivity contribution in [3.8, 4) is 6.07 Å². The number of benzene rings is 2. The molecule has 0 radical (unpaired) electrons. The fourth-order valence-corrected chi connectivity index (χ4v) is 3.71. The van der Waals surface area contributed by atoms with Gasteiger partial charge in [0.05, 0.1) is 17.7 Å². The normalized spacial score (nSPS) is 16.2. The Balaban J connectivity index is 1.48. The van der Waals surface area contributed by atoms with Crippen LogP contribution in [0.5, 0.6) is 0 Å². The van der Waals surface area contributed by atoms with Crippen LogP contribution >= 0.6 is 0 Å². The van der Waals surface area contributed by atoms with E-state index in [9.17, 15) is 9.18 Å². The summed E-state index contributed by atoms with van der Waals surface area (Å²) in [6, 6.07) is 16.0. The van der Waals surface area contributed by atoms with Crippen molar-refractivity contribution in [1.29, 1.82) is 5.26 Å². The fourth-order valence-electron chi connectivity index (χ4n) is 3.71. The Bertz CT molecular complexity index is 869. The van der Waals surface area contributed by atoms with Gasteiger partial charge >= 0.3 is 0 Å². The second kappa shape index (κ2) is 9.64. The summed E-state index contributed by atoms with van der Waals surface area (Å²) in [6.07, 6.45) is 0. The number of halogens is 1. The molecule has 1 aliphatic heterocycles. The van der Waals surface area contributed by atoms with Crippen molar-refractivity contribution >= 4 is 5.91 Å². The van der Waals surface area contributed by atoms with Crippen molar-refractivity contribution in [2.24, 2.45) is 0 Å². The average Bonchev–Trinajstić information content (AvgIpc) is 2.74. The predicted molar refractivity (Wildman–Crippen MR) is 110 cm³/mol. The number of piperazine rings is 1. The van der Waals surface area contributed by atoms with Crippen LogP contribution in [0.4, 0.5) is 4.39 Å². The first-order valence-corrected chi connectivity index (χ1v) is 9.91. The van der Waals surface area contributed by atoms with Gasteiger partial charge in [0.15, 0.2) is 0 Å². The van der Waals surface area contributed by atoms with E-state index in [1.54, 1.807) is 18.0 Å². The van der Waals surface area contributed by atoms with Gasteiger partial charge in [-0.15, -0.1) is 0 Å². The van der Waals surface area contributed by atoms with Gasteiger partial charge in [-0.2, -0.15) is 5.26 Å². The zero-order chi connectivity index (χ0) is 20.8. The first-order chi connectivity index (χ1) is 14.0. The van der Waals surface area contributed by atoms with Crippen LogP contribution in [-0.2, 0) is 17.9 Å². The van der Waals surface area contributed by atoms with Gasteiger partial charge in [-0.3, -0.25) is 14.6 Å². The van der Waals surface area contributed by atoms with E-state index in [-0.39, 0.29) is 17.8 Å². The quantitative estimate of drug-likeness (QED) is 0.756. The number of hydrogen-bond acceptors (Lipinski definition) is 4. The van der Waals surface area contributed by atoms with Crippen LogP contribution in [-0.4, -0.2) is 59.9 Å². The Labute approximate surface area is 171 Å². The topological polar surface area (TPSA) is 50.6 Å². The van der Waals surface area contributed by atoms with E-state index in [0.717, 1.165) is 38.3 Å². The summed E-state index contributed by atoms with van der Waals surface area (Å²) < 4.78 is 13.4. The van der Waals surface area contributed by atoms with Gasteiger partial charge in [-0.1, -0.05) is 24.3 Å². The van der Waals surface area contributed by atoms with Crippen molar-refractivity contribution in [1.82, 2.24) is 14.7 Å². The molecule has 152 valence electrons. The molecule has 0 aromatic heterocycles. The van der Waals surface area contributed by atoms with E-state index in [1.165, 1.54) is 17.7 Å². The van der Waals surface area contributed by atoms with Crippen LogP contribution in [0.1, 0.15) is 23.6 Å². The Morgan fingerprint density at radius 1 is 1.14 bits per heavy atom. The molecule has 0 spiro atoms. The highest BCUT2D eigenvalue weighted by Crippen LogP contribution is 2.14. The maximum atomic E-state index is 13.4. The number of hydrogen-bond donors (Lipinski definition) is 0. The summed E-state index contributed by atoms with van der Waals surface area (Å²) in [4.78, 5) is 19.1. The smallest absolute Gasteiger partial charge is 0.239 e. The summed E-state index contributed by atoms with van der Waals surface area (Å²) in [5.74, 6) is -0.232. The molecule has 0 aliphatic carbocycles. The molecule has 6 heteroatoms. The zero-order valence-corrected chi connectivity index (χ0v) is 17.0. The van der Waals surface area contributed by atoms with Crippen molar-refractivity contribution < 1.29 is 9.18 Å². The lowest BCUT2D eigenvalue weighted by atomic mass is 10.1. The van der Waals surface area contributed by atoms with Gasteiger partial charge in [0.25, 0.3) is 0 Å². The van der Waals surface area contributed by atoms with Gasteiger partial charge < -0.3 is 4.90 Å². The highest BCUT2D eigenvalue weighted by Gasteiger charge is 2.27. The van der Waals surface area contributed by atoms with E-state index < -0.39 is 0 Å². The first kappa shape index (κ1) is 21.0. The molecular formula is C23H27FN4O. The first-order valence-electron chi connectivity index (χ1n) is 9.91. The number of amides is 1. The molecule has 1 amide bonds. The van der Waals surface area contributed by atoms with Crippen LogP contribution in [0.15, 0.2) is 48.5 Å². The van der Waals surface area contributed by atoms with Crippen LogP contribution < -0.4 is 0 Å². The molecular weight excluding hydrogens is 367 g/mol. The lowest BCUT2D eigenvalue weighted by Crippen LogP contribution is -2.53. The van der Waals surface area contributed by atoms with Gasteiger partial charge in [0.2, 0.25) is 5.91 Å². The van der Waals surface area contributed by atoms with Gasteiger partial charge in [-0.05, 0) is 42.3 Å². The predicted octanol–water partition coefficient (Wildman–Crippen LogP) is 2.86. The zero-order valence-electron chi connectivity index (χ0n) is 17.0. The molecule has 0 bridgehead atoms. The van der Waals surface area contributed by atoms with Gasteiger partial charge in [-0.25, -0.2) is 4.39 Å². The third-order valence-corrected chi connectivity index (χ3v) is 5.49. The average molecular weight is 394 g/mol. The molecule has 1 saturated heterocycles. The van der Waals surface area contributed by atoms with E-state index in [0.29, 0.717) is 12.1 Å². The number of rotatable bonds is 6. The van der Waals surface area contributed by atoms with E-state index >= 15 is 0 Å². The minimum Gasteiger partial charge on any atom is -0.340 e. The van der Waals surface area contributed by atoms with E-state index in [1.807, 2.05) is 37.3 Å².